The Labute approximate surface area is 157 Å². The second-order valence-electron chi connectivity index (χ2n) is 6.28. The number of rotatable bonds is 6. The molecule has 2 aromatic carbocycles. The van der Waals surface area contributed by atoms with E-state index in [1.54, 1.807) is 11.0 Å². The van der Waals surface area contributed by atoms with Crippen LogP contribution in [0, 0.1) is 6.92 Å². The van der Waals surface area contributed by atoms with Gasteiger partial charge in [0.2, 0.25) is 5.91 Å². The third-order valence-electron chi connectivity index (χ3n) is 4.28. The lowest BCUT2D eigenvalue weighted by atomic mass is 10.1. The molecule has 1 aliphatic rings. The number of nitrogens with one attached hydrogen (secondary N) is 1. The quantitative estimate of drug-likeness (QED) is 0.844. The second-order valence-corrected chi connectivity index (χ2v) is 6.68. The maximum absolute atomic E-state index is 12.2. The number of benzene rings is 2. The van der Waals surface area contributed by atoms with Crippen LogP contribution in [0.15, 0.2) is 42.5 Å². The zero-order valence-corrected chi connectivity index (χ0v) is 15.4. The molecule has 26 heavy (non-hydrogen) atoms. The van der Waals surface area contributed by atoms with E-state index in [1.165, 1.54) is 0 Å². The van der Waals surface area contributed by atoms with Gasteiger partial charge in [-0.05, 0) is 42.7 Å². The fourth-order valence-electron chi connectivity index (χ4n) is 2.88. The monoisotopic (exact) mass is 372 g/mol. The third kappa shape index (κ3) is 4.35. The molecule has 0 aliphatic carbocycles. The van der Waals surface area contributed by atoms with E-state index in [9.17, 15) is 9.59 Å². The fourth-order valence-corrected chi connectivity index (χ4v) is 3.08. The number of hydrogen-bond acceptors (Lipinski definition) is 3. The van der Waals surface area contributed by atoms with Gasteiger partial charge in [-0.25, -0.2) is 0 Å². The summed E-state index contributed by atoms with van der Waals surface area (Å²) >= 11 is 6.08. The van der Waals surface area contributed by atoms with Crippen molar-refractivity contribution in [3.05, 3.63) is 58.6 Å². The molecule has 136 valence electrons. The van der Waals surface area contributed by atoms with Crippen molar-refractivity contribution in [2.75, 3.05) is 18.1 Å². The van der Waals surface area contributed by atoms with Gasteiger partial charge in [-0.15, -0.1) is 0 Å². The molecule has 1 heterocycles. The topological polar surface area (TPSA) is 58.6 Å². The molecule has 0 saturated carbocycles. The van der Waals surface area contributed by atoms with Crippen LogP contribution < -0.4 is 15.0 Å². The Morgan fingerprint density at radius 1 is 1.27 bits per heavy atom. The number of halogens is 1. The Hall–Kier alpha value is -2.53. The van der Waals surface area contributed by atoms with Gasteiger partial charge in [-0.2, -0.15) is 0 Å². The average Bonchev–Trinajstić information content (AvgIpc) is 2.63. The van der Waals surface area contributed by atoms with Gasteiger partial charge in [0.15, 0.2) is 6.61 Å². The van der Waals surface area contributed by atoms with Gasteiger partial charge in [0.1, 0.15) is 5.75 Å². The highest BCUT2D eigenvalue weighted by Gasteiger charge is 2.25. The van der Waals surface area contributed by atoms with Crippen molar-refractivity contribution >= 4 is 29.1 Å². The summed E-state index contributed by atoms with van der Waals surface area (Å²) in [7, 11) is 0. The van der Waals surface area contributed by atoms with Gasteiger partial charge in [0.25, 0.3) is 5.91 Å². The standard InChI is InChI=1S/C20H21ClN2O3/c1-14-8-9-18-17(11-14)23(20(25)13-26-18)10-4-7-19(24)22-12-15-5-2-3-6-16(15)21/h2-3,5-6,8-9,11H,4,7,10,12-13H2,1H3,(H,22,24). The Balaban J connectivity index is 1.52. The van der Waals surface area contributed by atoms with Crippen LogP contribution in [-0.4, -0.2) is 25.0 Å². The van der Waals surface area contributed by atoms with Gasteiger partial charge in [0, 0.05) is 24.5 Å². The number of aryl methyl sites for hydroxylation is 1. The second kappa shape index (κ2) is 8.23. The van der Waals surface area contributed by atoms with Gasteiger partial charge < -0.3 is 15.0 Å². The summed E-state index contributed by atoms with van der Waals surface area (Å²) in [5, 5.41) is 3.50. The molecule has 1 aliphatic heterocycles. The molecule has 6 heteroatoms. The molecule has 0 bridgehead atoms. The molecular formula is C20H21ClN2O3. The van der Waals surface area contributed by atoms with Crippen molar-refractivity contribution in [1.29, 1.82) is 0 Å². The van der Waals surface area contributed by atoms with Gasteiger partial charge in [-0.1, -0.05) is 35.9 Å². The van der Waals surface area contributed by atoms with Crippen LogP contribution in [0.4, 0.5) is 5.69 Å². The summed E-state index contributed by atoms with van der Waals surface area (Å²) < 4.78 is 5.46. The largest absolute Gasteiger partial charge is 0.482 e. The number of hydrogen-bond donors (Lipinski definition) is 1. The van der Waals surface area contributed by atoms with E-state index in [2.05, 4.69) is 5.32 Å². The van der Waals surface area contributed by atoms with Crippen molar-refractivity contribution in [3.8, 4) is 5.75 Å². The lowest BCUT2D eigenvalue weighted by molar-refractivity contribution is -0.123. The minimum absolute atomic E-state index is 0.0365. The highest BCUT2D eigenvalue weighted by atomic mass is 35.5. The lowest BCUT2D eigenvalue weighted by Crippen LogP contribution is -2.39. The highest BCUT2D eigenvalue weighted by molar-refractivity contribution is 6.31. The summed E-state index contributed by atoms with van der Waals surface area (Å²) in [4.78, 5) is 25.9. The minimum Gasteiger partial charge on any atom is -0.482 e. The lowest BCUT2D eigenvalue weighted by Gasteiger charge is -2.29. The first-order valence-corrected chi connectivity index (χ1v) is 8.96. The zero-order valence-electron chi connectivity index (χ0n) is 14.6. The maximum Gasteiger partial charge on any atom is 0.265 e. The van der Waals surface area contributed by atoms with E-state index in [-0.39, 0.29) is 18.4 Å². The molecule has 5 nitrogen and oxygen atoms in total. The van der Waals surface area contributed by atoms with Crippen LogP contribution in [0.2, 0.25) is 5.02 Å². The normalized spacial score (nSPS) is 13.2. The number of carbonyl (C=O) groups excluding carboxylic acids is 2. The molecule has 0 spiro atoms. The van der Waals surface area contributed by atoms with E-state index >= 15 is 0 Å². The predicted octanol–water partition coefficient (Wildman–Crippen LogP) is 3.47. The van der Waals surface area contributed by atoms with Gasteiger partial charge >= 0.3 is 0 Å². The predicted molar refractivity (Wildman–Crippen MR) is 102 cm³/mol. The fraction of sp³-hybridized carbons (Fsp3) is 0.300. The number of nitrogens with zero attached hydrogens (tertiary/aromatic N) is 1. The molecule has 2 aromatic rings. The number of fused-ring (bicyclic) bond motifs is 1. The Kier molecular flexibility index (Phi) is 5.78. The summed E-state index contributed by atoms with van der Waals surface area (Å²) in [6.45, 7) is 2.89. The zero-order chi connectivity index (χ0) is 18.5. The highest BCUT2D eigenvalue weighted by Crippen LogP contribution is 2.32. The molecule has 3 rings (SSSR count). The molecule has 0 aromatic heterocycles. The molecule has 2 amide bonds. The molecule has 0 atom stereocenters. The van der Waals surface area contributed by atoms with E-state index in [0.717, 1.165) is 16.8 Å². The van der Waals surface area contributed by atoms with Crippen LogP contribution in [0.25, 0.3) is 0 Å². The Morgan fingerprint density at radius 3 is 2.88 bits per heavy atom. The van der Waals surface area contributed by atoms with Crippen molar-refractivity contribution in [2.24, 2.45) is 0 Å². The number of anilines is 1. The van der Waals surface area contributed by atoms with Crippen molar-refractivity contribution in [2.45, 2.75) is 26.3 Å². The minimum atomic E-state index is -0.0837. The van der Waals surface area contributed by atoms with E-state index in [4.69, 9.17) is 16.3 Å². The van der Waals surface area contributed by atoms with Crippen molar-refractivity contribution < 1.29 is 14.3 Å². The Morgan fingerprint density at radius 2 is 2.08 bits per heavy atom. The molecule has 0 unspecified atom stereocenters. The summed E-state index contributed by atoms with van der Waals surface area (Å²) in [6, 6.07) is 13.2. The molecule has 0 saturated heterocycles. The smallest absolute Gasteiger partial charge is 0.265 e. The summed E-state index contributed by atoms with van der Waals surface area (Å²) in [5.41, 5.74) is 2.72. The first-order chi connectivity index (χ1) is 12.5. The van der Waals surface area contributed by atoms with E-state index in [0.29, 0.717) is 36.7 Å². The maximum atomic E-state index is 12.2. The Bertz CT molecular complexity index is 822. The number of carbonyl (C=O) groups is 2. The van der Waals surface area contributed by atoms with Crippen molar-refractivity contribution in [1.82, 2.24) is 5.32 Å². The van der Waals surface area contributed by atoms with Crippen LogP contribution in [-0.2, 0) is 16.1 Å². The molecular weight excluding hydrogens is 352 g/mol. The summed E-state index contributed by atoms with van der Waals surface area (Å²) in [6.07, 6.45) is 0.920. The van der Waals surface area contributed by atoms with Crippen LogP contribution in [0.5, 0.6) is 5.75 Å². The van der Waals surface area contributed by atoms with E-state index < -0.39 is 0 Å². The molecule has 0 fully saturated rings. The van der Waals surface area contributed by atoms with Gasteiger partial charge in [-0.3, -0.25) is 9.59 Å². The van der Waals surface area contributed by atoms with Crippen LogP contribution in [0.1, 0.15) is 24.0 Å². The number of amides is 2. The van der Waals surface area contributed by atoms with Gasteiger partial charge in [0.05, 0.1) is 5.69 Å². The van der Waals surface area contributed by atoms with Crippen LogP contribution in [0.3, 0.4) is 0 Å². The molecule has 0 radical (unpaired) electrons. The SMILES string of the molecule is Cc1ccc2c(c1)N(CCCC(=O)NCc1ccccc1Cl)C(=O)CO2. The van der Waals surface area contributed by atoms with E-state index in [1.807, 2.05) is 43.3 Å². The third-order valence-corrected chi connectivity index (χ3v) is 4.65. The van der Waals surface area contributed by atoms with Crippen molar-refractivity contribution in [3.63, 3.8) is 0 Å². The summed E-state index contributed by atoms with van der Waals surface area (Å²) in [5.74, 6) is 0.563. The molecule has 1 N–H and O–H groups in total. The van der Waals surface area contributed by atoms with Crippen LogP contribution >= 0.6 is 11.6 Å². The number of ether oxygens (including phenoxy) is 1. The first kappa shape index (κ1) is 18.3. The first-order valence-electron chi connectivity index (χ1n) is 8.58. The average molecular weight is 373 g/mol.